The SMILES string of the molecule is CCOc1ccccc1NC(=O)c1cccc(C(=O)N2CCCC(C)C2)c1. The quantitative estimate of drug-likeness (QED) is 0.862. The van der Waals surface area contributed by atoms with E-state index >= 15 is 0 Å². The van der Waals surface area contributed by atoms with Crippen LogP contribution < -0.4 is 10.1 Å². The molecule has 0 bridgehead atoms. The molecule has 1 aliphatic heterocycles. The average Bonchev–Trinajstić information content (AvgIpc) is 2.69. The van der Waals surface area contributed by atoms with Crippen molar-refractivity contribution < 1.29 is 14.3 Å². The van der Waals surface area contributed by atoms with Crippen LogP contribution >= 0.6 is 0 Å². The number of carbonyl (C=O) groups is 2. The zero-order valence-corrected chi connectivity index (χ0v) is 15.9. The lowest BCUT2D eigenvalue weighted by Gasteiger charge is -2.31. The molecule has 0 aliphatic carbocycles. The number of nitrogens with one attached hydrogen (secondary N) is 1. The largest absolute Gasteiger partial charge is 0.492 e. The molecular formula is C22H26N2O3. The van der Waals surface area contributed by atoms with Gasteiger partial charge in [0.15, 0.2) is 0 Å². The summed E-state index contributed by atoms with van der Waals surface area (Å²) in [6.45, 7) is 6.14. The number of hydrogen-bond acceptors (Lipinski definition) is 3. The van der Waals surface area contributed by atoms with Crippen molar-refractivity contribution in [2.45, 2.75) is 26.7 Å². The number of anilines is 1. The maximum absolute atomic E-state index is 12.8. The maximum Gasteiger partial charge on any atom is 0.255 e. The van der Waals surface area contributed by atoms with E-state index in [1.807, 2.05) is 30.0 Å². The van der Waals surface area contributed by atoms with Gasteiger partial charge in [-0.25, -0.2) is 0 Å². The summed E-state index contributed by atoms with van der Waals surface area (Å²) < 4.78 is 5.55. The van der Waals surface area contributed by atoms with Crippen molar-refractivity contribution in [3.8, 4) is 5.75 Å². The highest BCUT2D eigenvalue weighted by Crippen LogP contribution is 2.24. The van der Waals surface area contributed by atoms with Gasteiger partial charge in [0.1, 0.15) is 5.75 Å². The van der Waals surface area contributed by atoms with Crippen LogP contribution in [0.1, 0.15) is 47.4 Å². The summed E-state index contributed by atoms with van der Waals surface area (Å²) in [7, 11) is 0. The van der Waals surface area contributed by atoms with E-state index in [2.05, 4.69) is 12.2 Å². The van der Waals surface area contributed by atoms with Gasteiger partial charge in [-0.05, 0) is 56.0 Å². The number of ether oxygens (including phenoxy) is 1. The highest BCUT2D eigenvalue weighted by molar-refractivity contribution is 6.06. The highest BCUT2D eigenvalue weighted by Gasteiger charge is 2.22. The van der Waals surface area contributed by atoms with Crippen LogP contribution in [0.25, 0.3) is 0 Å². The molecule has 0 spiro atoms. The van der Waals surface area contributed by atoms with Crippen molar-refractivity contribution in [2.24, 2.45) is 5.92 Å². The molecule has 1 unspecified atom stereocenters. The Bertz CT molecular complexity index is 819. The third-order valence-electron chi connectivity index (χ3n) is 4.75. The first-order valence-corrected chi connectivity index (χ1v) is 9.51. The molecule has 2 aromatic rings. The Balaban J connectivity index is 1.75. The van der Waals surface area contributed by atoms with Crippen LogP contribution in [0.3, 0.4) is 0 Å². The third-order valence-corrected chi connectivity index (χ3v) is 4.75. The van der Waals surface area contributed by atoms with Crippen LogP contribution in [-0.4, -0.2) is 36.4 Å². The van der Waals surface area contributed by atoms with E-state index in [-0.39, 0.29) is 11.8 Å². The molecule has 0 radical (unpaired) electrons. The minimum Gasteiger partial charge on any atom is -0.492 e. The normalized spacial score (nSPS) is 16.7. The van der Waals surface area contributed by atoms with E-state index in [0.717, 1.165) is 25.9 Å². The Morgan fingerprint density at radius 3 is 2.70 bits per heavy atom. The van der Waals surface area contributed by atoms with Crippen molar-refractivity contribution in [3.63, 3.8) is 0 Å². The molecule has 1 aliphatic rings. The highest BCUT2D eigenvalue weighted by atomic mass is 16.5. The molecule has 142 valence electrons. The van der Waals surface area contributed by atoms with Crippen molar-refractivity contribution in [2.75, 3.05) is 25.0 Å². The smallest absolute Gasteiger partial charge is 0.255 e. The van der Waals surface area contributed by atoms with Gasteiger partial charge in [0.25, 0.3) is 11.8 Å². The zero-order valence-electron chi connectivity index (χ0n) is 15.9. The number of amides is 2. The van der Waals surface area contributed by atoms with Crippen LogP contribution in [0.4, 0.5) is 5.69 Å². The first-order chi connectivity index (χ1) is 13.1. The number of hydrogen-bond donors (Lipinski definition) is 1. The molecule has 1 atom stereocenters. The maximum atomic E-state index is 12.8. The average molecular weight is 366 g/mol. The van der Waals surface area contributed by atoms with Crippen LogP contribution in [0, 0.1) is 5.92 Å². The monoisotopic (exact) mass is 366 g/mol. The summed E-state index contributed by atoms with van der Waals surface area (Å²) in [6, 6.07) is 14.2. The Morgan fingerprint density at radius 1 is 1.15 bits per heavy atom. The molecule has 5 nitrogen and oxygen atoms in total. The van der Waals surface area contributed by atoms with E-state index in [9.17, 15) is 9.59 Å². The summed E-state index contributed by atoms with van der Waals surface area (Å²) in [4.78, 5) is 27.4. The Kier molecular flexibility index (Phi) is 6.12. The van der Waals surface area contributed by atoms with Gasteiger partial charge >= 0.3 is 0 Å². The lowest BCUT2D eigenvalue weighted by molar-refractivity contribution is 0.0683. The molecule has 3 rings (SSSR count). The molecule has 1 fully saturated rings. The van der Waals surface area contributed by atoms with Crippen LogP contribution in [-0.2, 0) is 0 Å². The zero-order chi connectivity index (χ0) is 19.2. The number of carbonyl (C=O) groups excluding carboxylic acids is 2. The van der Waals surface area contributed by atoms with Crippen molar-refractivity contribution in [3.05, 3.63) is 59.7 Å². The molecule has 1 heterocycles. The van der Waals surface area contributed by atoms with E-state index < -0.39 is 0 Å². The minimum absolute atomic E-state index is 0.00841. The fourth-order valence-corrected chi connectivity index (χ4v) is 3.40. The van der Waals surface area contributed by atoms with Gasteiger partial charge in [0, 0.05) is 24.2 Å². The molecule has 0 aromatic heterocycles. The third kappa shape index (κ3) is 4.67. The molecular weight excluding hydrogens is 340 g/mol. The fraction of sp³-hybridized carbons (Fsp3) is 0.364. The number of nitrogens with zero attached hydrogens (tertiary/aromatic N) is 1. The summed E-state index contributed by atoms with van der Waals surface area (Å²) >= 11 is 0. The molecule has 2 amide bonds. The van der Waals surface area contributed by atoms with Crippen LogP contribution in [0.15, 0.2) is 48.5 Å². The number of piperidine rings is 1. The first kappa shape index (κ1) is 19.0. The molecule has 2 aromatic carbocycles. The summed E-state index contributed by atoms with van der Waals surface area (Å²) in [6.07, 6.45) is 2.19. The second-order valence-corrected chi connectivity index (χ2v) is 6.96. The van der Waals surface area contributed by atoms with Gasteiger partial charge in [-0.1, -0.05) is 25.1 Å². The Morgan fingerprint density at radius 2 is 1.93 bits per heavy atom. The summed E-state index contributed by atoms with van der Waals surface area (Å²) in [5, 5.41) is 2.88. The molecule has 27 heavy (non-hydrogen) atoms. The second kappa shape index (κ2) is 8.71. The second-order valence-electron chi connectivity index (χ2n) is 6.96. The topological polar surface area (TPSA) is 58.6 Å². The molecule has 1 saturated heterocycles. The van der Waals surface area contributed by atoms with Gasteiger partial charge < -0.3 is 15.0 Å². The van der Waals surface area contributed by atoms with Crippen molar-refractivity contribution in [1.29, 1.82) is 0 Å². The van der Waals surface area contributed by atoms with Gasteiger partial charge in [-0.3, -0.25) is 9.59 Å². The van der Waals surface area contributed by atoms with Gasteiger partial charge in [-0.15, -0.1) is 0 Å². The van der Waals surface area contributed by atoms with Crippen molar-refractivity contribution >= 4 is 17.5 Å². The lowest BCUT2D eigenvalue weighted by atomic mass is 9.99. The summed E-state index contributed by atoms with van der Waals surface area (Å²) in [5.41, 5.74) is 1.62. The fourth-order valence-electron chi connectivity index (χ4n) is 3.40. The molecule has 0 saturated carbocycles. The Labute approximate surface area is 160 Å². The molecule has 1 N–H and O–H groups in total. The standard InChI is InChI=1S/C22H26N2O3/c1-3-27-20-12-5-4-11-19(20)23-21(25)17-9-6-10-18(14-17)22(26)24-13-7-8-16(2)15-24/h4-6,9-12,14,16H,3,7-8,13,15H2,1-2H3,(H,23,25). The minimum atomic E-state index is -0.260. The number of rotatable bonds is 5. The predicted molar refractivity (Wildman–Crippen MR) is 106 cm³/mol. The van der Waals surface area contributed by atoms with E-state index in [1.165, 1.54) is 0 Å². The number of benzene rings is 2. The first-order valence-electron chi connectivity index (χ1n) is 9.51. The van der Waals surface area contributed by atoms with Gasteiger partial charge in [-0.2, -0.15) is 0 Å². The number of likely N-dealkylation sites (tertiary alicyclic amines) is 1. The van der Waals surface area contributed by atoms with Crippen LogP contribution in [0.2, 0.25) is 0 Å². The van der Waals surface area contributed by atoms with E-state index in [0.29, 0.717) is 35.1 Å². The van der Waals surface area contributed by atoms with E-state index in [1.54, 1.807) is 30.3 Å². The van der Waals surface area contributed by atoms with Crippen molar-refractivity contribution in [1.82, 2.24) is 4.90 Å². The van der Waals surface area contributed by atoms with Gasteiger partial charge in [0.05, 0.1) is 12.3 Å². The predicted octanol–water partition coefficient (Wildman–Crippen LogP) is 4.21. The van der Waals surface area contributed by atoms with Crippen LogP contribution in [0.5, 0.6) is 5.75 Å². The Hall–Kier alpha value is -2.82. The molecule has 5 heteroatoms. The lowest BCUT2D eigenvalue weighted by Crippen LogP contribution is -2.39. The summed E-state index contributed by atoms with van der Waals surface area (Å²) in [5.74, 6) is 0.877. The van der Waals surface area contributed by atoms with E-state index in [4.69, 9.17) is 4.74 Å². The van der Waals surface area contributed by atoms with Gasteiger partial charge in [0.2, 0.25) is 0 Å². The number of para-hydroxylation sites is 2.